The maximum atomic E-state index is 13.4. The van der Waals surface area contributed by atoms with Crippen LogP contribution in [0, 0.1) is 0 Å². The minimum absolute atomic E-state index is 0.308. The first-order valence-electron chi connectivity index (χ1n) is 11.9. The fraction of sp³-hybridized carbons (Fsp3) is 0.0333. The molecule has 3 aromatic heterocycles. The summed E-state index contributed by atoms with van der Waals surface area (Å²) in [6.45, 7) is 0. The molecule has 8 heteroatoms. The zero-order valence-electron chi connectivity index (χ0n) is 20.3. The van der Waals surface area contributed by atoms with Crippen molar-refractivity contribution in [2.45, 2.75) is 0 Å². The highest BCUT2D eigenvalue weighted by atomic mass is 32.1. The van der Waals surface area contributed by atoms with Gasteiger partial charge >= 0.3 is 0 Å². The Hall–Kier alpha value is -4.53. The van der Waals surface area contributed by atoms with E-state index in [1.165, 1.54) is 22.7 Å². The van der Waals surface area contributed by atoms with Crippen molar-refractivity contribution in [3.63, 3.8) is 0 Å². The molecule has 1 amide bonds. The number of methoxy groups -OCH3 is 1. The predicted molar refractivity (Wildman–Crippen MR) is 157 cm³/mol. The molecule has 6 aromatic rings. The highest BCUT2D eigenvalue weighted by molar-refractivity contribution is 7.21. The van der Waals surface area contributed by atoms with Crippen LogP contribution < -0.4 is 15.8 Å². The second-order valence-corrected chi connectivity index (χ2v) is 10.4. The van der Waals surface area contributed by atoms with E-state index in [-0.39, 0.29) is 5.91 Å². The first kappa shape index (κ1) is 23.8. The van der Waals surface area contributed by atoms with Gasteiger partial charge in [-0.25, -0.2) is 9.97 Å². The molecule has 38 heavy (non-hydrogen) atoms. The van der Waals surface area contributed by atoms with Gasteiger partial charge in [0.25, 0.3) is 5.91 Å². The number of carbonyl (C=O) groups is 1. The van der Waals surface area contributed by atoms with Crippen LogP contribution >= 0.6 is 22.7 Å². The minimum atomic E-state index is -0.308. The number of anilines is 2. The van der Waals surface area contributed by atoms with E-state index in [4.69, 9.17) is 15.5 Å². The zero-order chi connectivity index (χ0) is 26.1. The van der Waals surface area contributed by atoms with Crippen molar-refractivity contribution >= 4 is 49.6 Å². The zero-order valence-corrected chi connectivity index (χ0v) is 22.0. The van der Waals surface area contributed by atoms with Gasteiger partial charge in [-0.1, -0.05) is 72.8 Å². The molecule has 3 N–H and O–H groups in total. The van der Waals surface area contributed by atoms with Crippen molar-refractivity contribution in [1.29, 1.82) is 0 Å². The van der Waals surface area contributed by atoms with Gasteiger partial charge in [0.1, 0.15) is 15.5 Å². The van der Waals surface area contributed by atoms with E-state index in [0.29, 0.717) is 20.5 Å². The Kier molecular flexibility index (Phi) is 6.33. The largest absolute Gasteiger partial charge is 0.497 e. The number of nitrogens with two attached hydrogens (primary N) is 1. The summed E-state index contributed by atoms with van der Waals surface area (Å²) in [5, 5.41) is 6.10. The monoisotopic (exact) mass is 534 g/mol. The Balaban J connectivity index is 1.38. The molecule has 6 rings (SSSR count). The number of ether oxygens (including phenoxy) is 1. The van der Waals surface area contributed by atoms with Gasteiger partial charge in [-0.3, -0.25) is 10.1 Å². The molecule has 0 aliphatic rings. The van der Waals surface area contributed by atoms with Crippen molar-refractivity contribution < 1.29 is 9.53 Å². The van der Waals surface area contributed by atoms with Crippen molar-refractivity contribution in [3.8, 4) is 39.4 Å². The summed E-state index contributed by atoms with van der Waals surface area (Å²) in [6.07, 6.45) is 0. The molecule has 3 aromatic carbocycles. The van der Waals surface area contributed by atoms with E-state index in [1.807, 2.05) is 96.4 Å². The average Bonchev–Trinajstić information content (AvgIpc) is 3.58. The molecule has 0 saturated carbocycles. The normalized spacial score (nSPS) is 11.0. The lowest BCUT2D eigenvalue weighted by Crippen LogP contribution is -2.11. The van der Waals surface area contributed by atoms with Crippen LogP contribution in [-0.4, -0.2) is 23.0 Å². The van der Waals surface area contributed by atoms with Gasteiger partial charge in [0.2, 0.25) is 0 Å². The number of nitrogens with one attached hydrogen (secondary N) is 1. The SMILES string of the molecule is COc1cccc(-c2csc(NC(=O)c3sc4nc(-c5ccccc5)cc(-c5ccccc5)c4c3N)n2)c1. The smallest absolute Gasteiger partial charge is 0.269 e. The number of benzene rings is 3. The van der Waals surface area contributed by atoms with Gasteiger partial charge in [-0.15, -0.1) is 22.7 Å². The number of thiazole rings is 1. The number of pyridine rings is 1. The van der Waals surface area contributed by atoms with Gasteiger partial charge in [0.15, 0.2) is 5.13 Å². The van der Waals surface area contributed by atoms with Crippen LogP contribution in [0.25, 0.3) is 43.9 Å². The fourth-order valence-corrected chi connectivity index (χ4v) is 6.02. The number of hydrogen-bond donors (Lipinski definition) is 2. The van der Waals surface area contributed by atoms with E-state index in [1.54, 1.807) is 7.11 Å². The summed E-state index contributed by atoms with van der Waals surface area (Å²) in [6, 6.07) is 29.7. The van der Waals surface area contributed by atoms with Crippen LogP contribution in [0.2, 0.25) is 0 Å². The Morgan fingerprint density at radius 3 is 2.29 bits per heavy atom. The van der Waals surface area contributed by atoms with E-state index in [0.717, 1.165) is 44.8 Å². The second kappa shape index (κ2) is 10.1. The fourth-order valence-electron chi connectivity index (χ4n) is 4.29. The van der Waals surface area contributed by atoms with Gasteiger partial charge in [-0.2, -0.15) is 0 Å². The molecular formula is C30H22N4O2S2. The number of fused-ring (bicyclic) bond motifs is 1. The number of thiophene rings is 1. The lowest BCUT2D eigenvalue weighted by Gasteiger charge is -2.09. The summed E-state index contributed by atoms with van der Waals surface area (Å²) < 4.78 is 5.31. The maximum absolute atomic E-state index is 13.4. The van der Waals surface area contributed by atoms with Crippen LogP contribution in [0.15, 0.2) is 96.4 Å². The number of hydrogen-bond acceptors (Lipinski definition) is 7. The van der Waals surface area contributed by atoms with Crippen LogP contribution in [0.3, 0.4) is 0 Å². The number of aromatic nitrogens is 2. The lowest BCUT2D eigenvalue weighted by atomic mass is 9.99. The van der Waals surface area contributed by atoms with E-state index in [2.05, 4.69) is 10.3 Å². The summed E-state index contributed by atoms with van der Waals surface area (Å²) in [5.41, 5.74) is 12.5. The Morgan fingerprint density at radius 2 is 1.55 bits per heavy atom. The van der Waals surface area contributed by atoms with Crippen molar-refractivity contribution in [2.75, 3.05) is 18.2 Å². The topological polar surface area (TPSA) is 90.1 Å². The molecule has 0 saturated heterocycles. The highest BCUT2D eigenvalue weighted by Crippen LogP contribution is 2.41. The first-order chi connectivity index (χ1) is 18.6. The first-order valence-corrected chi connectivity index (χ1v) is 13.6. The average molecular weight is 535 g/mol. The van der Waals surface area contributed by atoms with Gasteiger partial charge < -0.3 is 10.5 Å². The van der Waals surface area contributed by atoms with Crippen LogP contribution in [0.1, 0.15) is 9.67 Å². The minimum Gasteiger partial charge on any atom is -0.497 e. The Bertz CT molecular complexity index is 1760. The van der Waals surface area contributed by atoms with Crippen LogP contribution in [0.5, 0.6) is 5.75 Å². The summed E-state index contributed by atoms with van der Waals surface area (Å²) in [5.74, 6) is 0.438. The number of rotatable bonds is 6. The maximum Gasteiger partial charge on any atom is 0.269 e. The molecule has 0 atom stereocenters. The third kappa shape index (κ3) is 4.51. The van der Waals surface area contributed by atoms with E-state index >= 15 is 0 Å². The van der Waals surface area contributed by atoms with Gasteiger partial charge in [0.05, 0.1) is 24.2 Å². The molecule has 6 nitrogen and oxygen atoms in total. The molecule has 0 unspecified atom stereocenters. The number of nitrogens with zero attached hydrogens (tertiary/aromatic N) is 2. The molecule has 0 fully saturated rings. The summed E-state index contributed by atoms with van der Waals surface area (Å²) in [7, 11) is 1.63. The number of amides is 1. The van der Waals surface area contributed by atoms with Gasteiger partial charge in [0, 0.05) is 21.9 Å². The number of carbonyl (C=O) groups excluding carboxylic acids is 1. The lowest BCUT2D eigenvalue weighted by molar-refractivity contribution is 0.103. The number of nitrogen functional groups attached to an aromatic ring is 1. The second-order valence-electron chi connectivity index (χ2n) is 8.54. The molecule has 186 valence electrons. The molecular weight excluding hydrogens is 512 g/mol. The van der Waals surface area contributed by atoms with Crippen LogP contribution in [-0.2, 0) is 0 Å². The molecule has 3 heterocycles. The summed E-state index contributed by atoms with van der Waals surface area (Å²) >= 11 is 2.65. The quantitative estimate of drug-likeness (QED) is 0.230. The highest BCUT2D eigenvalue weighted by Gasteiger charge is 2.22. The van der Waals surface area contributed by atoms with Crippen molar-refractivity contribution in [3.05, 3.63) is 101 Å². The summed E-state index contributed by atoms with van der Waals surface area (Å²) in [4.78, 5) is 24.0. The molecule has 0 aliphatic heterocycles. The van der Waals surface area contributed by atoms with Crippen LogP contribution in [0.4, 0.5) is 10.8 Å². The van der Waals surface area contributed by atoms with Gasteiger partial charge in [-0.05, 0) is 29.3 Å². The predicted octanol–water partition coefficient (Wildman–Crippen LogP) is 7.60. The molecule has 0 aliphatic carbocycles. The third-order valence-corrected chi connectivity index (χ3v) is 8.01. The molecule has 0 radical (unpaired) electrons. The standard InChI is InChI=1S/C30H22N4O2S2/c1-36-21-14-8-13-20(15-21)24-17-37-30(33-24)34-28(35)27-26(31)25-22(18-9-4-2-5-10-18)16-23(32-29(25)38-27)19-11-6-3-7-12-19/h2-17H,31H2,1H3,(H,33,34,35). The Labute approximate surface area is 227 Å². The van der Waals surface area contributed by atoms with Crippen molar-refractivity contribution in [1.82, 2.24) is 9.97 Å². The third-order valence-electron chi connectivity index (χ3n) is 6.15. The van der Waals surface area contributed by atoms with E-state index < -0.39 is 0 Å². The van der Waals surface area contributed by atoms with E-state index in [9.17, 15) is 4.79 Å². The molecule has 0 bridgehead atoms. The Morgan fingerprint density at radius 1 is 0.842 bits per heavy atom. The molecule has 0 spiro atoms. The van der Waals surface area contributed by atoms with Crippen molar-refractivity contribution in [2.24, 2.45) is 0 Å².